The molecule has 18 heavy (non-hydrogen) atoms. The molecule has 0 aliphatic heterocycles. The lowest BCUT2D eigenvalue weighted by molar-refractivity contribution is 0.594. The summed E-state index contributed by atoms with van der Waals surface area (Å²) in [6.07, 6.45) is 0. The van der Waals surface area contributed by atoms with Crippen LogP contribution in [0.4, 0.5) is 11.4 Å². The summed E-state index contributed by atoms with van der Waals surface area (Å²) in [5.41, 5.74) is 6.82. The Balaban J connectivity index is 2.51. The lowest BCUT2D eigenvalue weighted by atomic mass is 10.3. The van der Waals surface area contributed by atoms with Gasteiger partial charge in [-0.2, -0.15) is 0 Å². The molecule has 2 N–H and O–H groups in total. The fourth-order valence-corrected chi connectivity index (χ4v) is 4.31. The number of nitrogens with zero attached hydrogens (tertiary/aromatic N) is 1. The Labute approximate surface area is 111 Å². The first-order valence-corrected chi connectivity index (χ1v) is 7.80. The van der Waals surface area contributed by atoms with Crippen molar-refractivity contribution in [3.63, 3.8) is 0 Å². The van der Waals surface area contributed by atoms with E-state index in [4.69, 9.17) is 5.73 Å². The number of hydrogen-bond acceptors (Lipinski definition) is 4. The zero-order valence-corrected chi connectivity index (χ0v) is 11.5. The van der Waals surface area contributed by atoms with Gasteiger partial charge in [0.05, 0.1) is 11.4 Å². The Morgan fingerprint density at radius 2 is 1.94 bits per heavy atom. The fourth-order valence-electron chi connectivity index (χ4n) is 1.70. The van der Waals surface area contributed by atoms with Crippen LogP contribution in [0.15, 0.2) is 46.0 Å². The van der Waals surface area contributed by atoms with Crippen molar-refractivity contribution in [3.8, 4) is 0 Å². The van der Waals surface area contributed by atoms with Crippen molar-refractivity contribution in [1.29, 1.82) is 0 Å². The van der Waals surface area contributed by atoms with Crippen LogP contribution in [0, 0.1) is 0 Å². The minimum Gasteiger partial charge on any atom is -0.397 e. The Morgan fingerprint density at radius 1 is 1.22 bits per heavy atom. The fraction of sp³-hybridized carbons (Fsp3) is 0.167. The number of rotatable bonds is 4. The van der Waals surface area contributed by atoms with Gasteiger partial charge in [-0.15, -0.1) is 11.3 Å². The van der Waals surface area contributed by atoms with Crippen LogP contribution >= 0.6 is 11.3 Å². The highest BCUT2D eigenvalue weighted by Crippen LogP contribution is 2.29. The van der Waals surface area contributed by atoms with Crippen LogP contribution < -0.4 is 10.0 Å². The maximum absolute atomic E-state index is 12.5. The summed E-state index contributed by atoms with van der Waals surface area (Å²) in [6.45, 7) is 2.13. The van der Waals surface area contributed by atoms with E-state index < -0.39 is 10.0 Å². The summed E-state index contributed by atoms with van der Waals surface area (Å²) in [5, 5.41) is 1.75. The van der Waals surface area contributed by atoms with Gasteiger partial charge in [0.25, 0.3) is 10.0 Å². The topological polar surface area (TPSA) is 63.4 Å². The number of thiophene rings is 1. The summed E-state index contributed by atoms with van der Waals surface area (Å²) in [5.74, 6) is 0. The molecule has 0 spiro atoms. The van der Waals surface area contributed by atoms with E-state index in [1.165, 1.54) is 15.6 Å². The Morgan fingerprint density at radius 3 is 2.50 bits per heavy atom. The number of benzene rings is 1. The molecule has 1 aromatic heterocycles. The molecule has 0 radical (unpaired) electrons. The van der Waals surface area contributed by atoms with E-state index in [1.54, 1.807) is 48.7 Å². The highest BCUT2D eigenvalue weighted by atomic mass is 32.2. The van der Waals surface area contributed by atoms with Gasteiger partial charge < -0.3 is 5.73 Å². The molecule has 0 atom stereocenters. The van der Waals surface area contributed by atoms with E-state index in [0.717, 1.165) is 0 Å². The minimum absolute atomic E-state index is 0.326. The lowest BCUT2D eigenvalue weighted by Crippen LogP contribution is -2.30. The maximum Gasteiger partial charge on any atom is 0.273 e. The van der Waals surface area contributed by atoms with Gasteiger partial charge in [-0.05, 0) is 30.5 Å². The summed E-state index contributed by atoms with van der Waals surface area (Å²) in [6, 6.07) is 10.3. The molecule has 0 fully saturated rings. The molecule has 0 saturated carbocycles. The molecule has 0 aliphatic rings. The van der Waals surface area contributed by atoms with Crippen LogP contribution in [0.2, 0.25) is 0 Å². The molecular weight excluding hydrogens is 268 g/mol. The van der Waals surface area contributed by atoms with Gasteiger partial charge in [-0.1, -0.05) is 18.2 Å². The predicted molar refractivity (Wildman–Crippen MR) is 75.4 cm³/mol. The number of para-hydroxylation sites is 2. The van der Waals surface area contributed by atoms with Gasteiger partial charge >= 0.3 is 0 Å². The molecule has 6 heteroatoms. The van der Waals surface area contributed by atoms with Gasteiger partial charge in [-0.25, -0.2) is 8.42 Å². The van der Waals surface area contributed by atoms with Gasteiger partial charge in [0.15, 0.2) is 0 Å². The molecule has 0 saturated heterocycles. The van der Waals surface area contributed by atoms with Gasteiger partial charge in [0.1, 0.15) is 4.21 Å². The Hall–Kier alpha value is -1.53. The first kappa shape index (κ1) is 12.9. The quantitative estimate of drug-likeness (QED) is 0.877. The number of nitrogens with two attached hydrogens (primary N) is 1. The highest BCUT2D eigenvalue weighted by molar-refractivity contribution is 7.94. The second-order valence-electron chi connectivity index (χ2n) is 3.66. The molecule has 4 nitrogen and oxygen atoms in total. The van der Waals surface area contributed by atoms with Crippen LogP contribution in [0.1, 0.15) is 6.92 Å². The third-order valence-electron chi connectivity index (χ3n) is 2.53. The highest BCUT2D eigenvalue weighted by Gasteiger charge is 2.25. The first-order valence-electron chi connectivity index (χ1n) is 5.48. The molecule has 0 amide bonds. The average molecular weight is 282 g/mol. The van der Waals surface area contributed by atoms with E-state index >= 15 is 0 Å². The van der Waals surface area contributed by atoms with Crippen molar-refractivity contribution in [1.82, 2.24) is 0 Å². The molecule has 0 unspecified atom stereocenters. The number of hydrogen-bond donors (Lipinski definition) is 1. The van der Waals surface area contributed by atoms with Crippen LogP contribution in [0.25, 0.3) is 0 Å². The van der Waals surface area contributed by atoms with Crippen LogP contribution in [-0.4, -0.2) is 15.0 Å². The van der Waals surface area contributed by atoms with E-state index in [9.17, 15) is 8.42 Å². The average Bonchev–Trinajstić information content (AvgIpc) is 2.86. The Bertz CT molecular complexity index is 621. The molecule has 2 aromatic rings. The smallest absolute Gasteiger partial charge is 0.273 e. The van der Waals surface area contributed by atoms with Crippen LogP contribution in [0.3, 0.4) is 0 Å². The van der Waals surface area contributed by atoms with Gasteiger partial charge in [0, 0.05) is 6.54 Å². The standard InChI is InChI=1S/C12H14N2O2S2/c1-2-14(11-7-4-3-6-10(11)13)18(15,16)12-8-5-9-17-12/h3-9H,2,13H2,1H3. The summed E-state index contributed by atoms with van der Waals surface area (Å²) < 4.78 is 26.6. The van der Waals surface area contributed by atoms with Crippen molar-refractivity contribution in [2.24, 2.45) is 0 Å². The van der Waals surface area contributed by atoms with Crippen molar-refractivity contribution < 1.29 is 8.42 Å². The predicted octanol–water partition coefficient (Wildman–Crippen LogP) is 2.55. The SMILES string of the molecule is CCN(c1ccccc1N)S(=O)(=O)c1cccs1. The zero-order chi connectivity index (χ0) is 13.2. The van der Waals surface area contributed by atoms with Crippen molar-refractivity contribution in [2.45, 2.75) is 11.1 Å². The molecule has 1 aromatic carbocycles. The van der Waals surface area contributed by atoms with E-state index in [-0.39, 0.29) is 0 Å². The number of nitrogen functional groups attached to an aromatic ring is 1. The normalized spacial score (nSPS) is 11.4. The molecule has 0 bridgehead atoms. The van der Waals surface area contributed by atoms with Crippen LogP contribution in [-0.2, 0) is 10.0 Å². The van der Waals surface area contributed by atoms with E-state index in [0.29, 0.717) is 22.1 Å². The first-order chi connectivity index (χ1) is 8.57. The second kappa shape index (κ2) is 4.99. The van der Waals surface area contributed by atoms with Crippen molar-refractivity contribution in [3.05, 3.63) is 41.8 Å². The van der Waals surface area contributed by atoms with Crippen molar-refractivity contribution >= 4 is 32.7 Å². The summed E-state index contributed by atoms with van der Waals surface area (Å²) >= 11 is 1.20. The molecule has 1 heterocycles. The molecule has 2 rings (SSSR count). The van der Waals surface area contributed by atoms with E-state index in [1.807, 2.05) is 0 Å². The van der Waals surface area contributed by atoms with Gasteiger partial charge in [0.2, 0.25) is 0 Å². The largest absolute Gasteiger partial charge is 0.397 e. The lowest BCUT2D eigenvalue weighted by Gasteiger charge is -2.23. The van der Waals surface area contributed by atoms with Gasteiger partial charge in [-0.3, -0.25) is 4.31 Å². The Kier molecular flexibility index (Phi) is 3.58. The van der Waals surface area contributed by atoms with E-state index in [2.05, 4.69) is 0 Å². The molecule has 96 valence electrons. The maximum atomic E-state index is 12.5. The third-order valence-corrected chi connectivity index (χ3v) is 5.79. The van der Waals surface area contributed by atoms with Crippen molar-refractivity contribution in [2.75, 3.05) is 16.6 Å². The monoisotopic (exact) mass is 282 g/mol. The number of sulfonamides is 1. The molecular formula is C12H14N2O2S2. The molecule has 0 aliphatic carbocycles. The second-order valence-corrected chi connectivity index (χ2v) is 6.70. The summed E-state index contributed by atoms with van der Waals surface area (Å²) in [4.78, 5) is 0. The van der Waals surface area contributed by atoms with Crippen LogP contribution in [0.5, 0.6) is 0 Å². The summed E-state index contributed by atoms with van der Waals surface area (Å²) in [7, 11) is -3.51. The minimum atomic E-state index is -3.51. The number of anilines is 2. The zero-order valence-electron chi connectivity index (χ0n) is 9.91. The third kappa shape index (κ3) is 2.21.